The number of benzene rings is 1. The molecule has 2 aromatic rings. The van der Waals surface area contributed by atoms with Gasteiger partial charge in [0.2, 0.25) is 12.0 Å². The molecule has 0 aliphatic carbocycles. The van der Waals surface area contributed by atoms with Crippen molar-refractivity contribution in [2.45, 2.75) is 0 Å². The monoisotopic (exact) mass is 361 g/mol. The van der Waals surface area contributed by atoms with Crippen molar-refractivity contribution in [3.05, 3.63) is 51.8 Å². The Balaban J connectivity index is 0.00000180. The van der Waals surface area contributed by atoms with Crippen LogP contribution in [-0.2, 0) is 7.05 Å². The second-order valence-corrected chi connectivity index (χ2v) is 4.56. The van der Waals surface area contributed by atoms with Crippen molar-refractivity contribution in [1.29, 1.82) is 0 Å². The highest BCUT2D eigenvalue weighted by Gasteiger charge is 2.21. The van der Waals surface area contributed by atoms with Crippen LogP contribution < -0.4 is 27.4 Å². The molecule has 0 aliphatic rings. The Morgan fingerprint density at radius 2 is 1.89 bits per heavy atom. The molecule has 0 bridgehead atoms. The van der Waals surface area contributed by atoms with Crippen LogP contribution in [0.5, 0.6) is 0 Å². The predicted octanol–water partition coefficient (Wildman–Crippen LogP) is -0.970. The number of hydrogen-bond donors (Lipinski definition) is 1. The van der Waals surface area contributed by atoms with E-state index in [-0.39, 0.29) is 34.0 Å². The van der Waals surface area contributed by atoms with Crippen molar-refractivity contribution in [3.63, 3.8) is 0 Å². The van der Waals surface area contributed by atoms with Gasteiger partial charge in [0.15, 0.2) is 7.05 Å². The van der Waals surface area contributed by atoms with Crippen molar-refractivity contribution in [2.24, 2.45) is 7.05 Å². The maximum Gasteiger partial charge on any atom is 0.209 e. The number of anilines is 1. The Bertz CT molecular complexity index is 614. The molecule has 0 aliphatic heterocycles. The first-order chi connectivity index (χ1) is 8.50. The van der Waals surface area contributed by atoms with Gasteiger partial charge >= 0.3 is 0 Å². The van der Waals surface area contributed by atoms with Gasteiger partial charge in [-0.3, -0.25) is 4.79 Å². The third-order valence-corrected chi connectivity index (χ3v) is 3.07. The van der Waals surface area contributed by atoms with E-state index in [2.05, 4.69) is 5.10 Å². The third kappa shape index (κ3) is 3.23. The molecule has 0 amide bonds. The standard InChI is InChI=1S/C12H9Cl2N3O.BrH/c1-17-6-7(10(15)5-16-17)12(18)11-8(13)3-2-4-9(11)14;/h2-6,15H,1H3;1H. The Morgan fingerprint density at radius 1 is 1.32 bits per heavy atom. The first-order valence-corrected chi connectivity index (χ1v) is 5.86. The zero-order valence-electron chi connectivity index (χ0n) is 9.90. The lowest BCUT2D eigenvalue weighted by molar-refractivity contribution is -0.730. The fourth-order valence-electron chi connectivity index (χ4n) is 1.56. The average molecular weight is 363 g/mol. The summed E-state index contributed by atoms with van der Waals surface area (Å²) in [6, 6.07) is 4.90. The molecular formula is C12H10BrCl2N3O. The van der Waals surface area contributed by atoms with E-state index in [1.807, 2.05) is 0 Å². The molecule has 1 aromatic heterocycles. The lowest BCUT2D eigenvalue weighted by atomic mass is 10.0. The number of ketones is 1. The highest BCUT2D eigenvalue weighted by molar-refractivity contribution is 6.41. The summed E-state index contributed by atoms with van der Waals surface area (Å²) in [6.07, 6.45) is 2.95. The molecule has 1 heterocycles. The second-order valence-electron chi connectivity index (χ2n) is 3.74. The van der Waals surface area contributed by atoms with Gasteiger partial charge in [-0.15, -0.1) is 0 Å². The molecule has 2 N–H and O–H groups in total. The Hall–Kier alpha value is -1.17. The van der Waals surface area contributed by atoms with Crippen LogP contribution >= 0.6 is 23.2 Å². The third-order valence-electron chi connectivity index (χ3n) is 2.44. The van der Waals surface area contributed by atoms with Gasteiger partial charge in [-0.05, 0) is 17.2 Å². The highest BCUT2D eigenvalue weighted by Crippen LogP contribution is 2.27. The quantitative estimate of drug-likeness (QED) is 0.552. The molecule has 0 spiro atoms. The second kappa shape index (κ2) is 6.32. The number of carbonyl (C=O) groups is 1. The Morgan fingerprint density at radius 3 is 2.47 bits per heavy atom. The number of aryl methyl sites for hydroxylation is 1. The number of aromatic nitrogens is 2. The van der Waals surface area contributed by atoms with E-state index in [4.69, 9.17) is 28.9 Å². The first-order valence-electron chi connectivity index (χ1n) is 5.11. The minimum absolute atomic E-state index is 0. The summed E-state index contributed by atoms with van der Waals surface area (Å²) in [6.45, 7) is 0. The van der Waals surface area contributed by atoms with E-state index in [0.29, 0.717) is 15.6 Å². The van der Waals surface area contributed by atoms with Crippen LogP contribution in [0.1, 0.15) is 15.9 Å². The lowest BCUT2D eigenvalue weighted by Gasteiger charge is -2.06. The van der Waals surface area contributed by atoms with Gasteiger partial charge in [0.05, 0.1) is 21.3 Å². The first kappa shape index (κ1) is 15.9. The molecule has 1 aromatic carbocycles. The van der Waals surface area contributed by atoms with Crippen molar-refractivity contribution in [3.8, 4) is 0 Å². The summed E-state index contributed by atoms with van der Waals surface area (Å²) < 4.78 is 1.49. The fourth-order valence-corrected chi connectivity index (χ4v) is 2.13. The minimum Gasteiger partial charge on any atom is -1.00 e. The van der Waals surface area contributed by atoms with Crippen molar-refractivity contribution in [2.75, 3.05) is 5.73 Å². The molecule has 0 saturated carbocycles. The molecule has 0 radical (unpaired) electrons. The van der Waals surface area contributed by atoms with Crippen LogP contribution in [0.3, 0.4) is 0 Å². The van der Waals surface area contributed by atoms with Gasteiger partial charge in [0.1, 0.15) is 11.8 Å². The lowest BCUT2D eigenvalue weighted by Crippen LogP contribution is -3.00. The summed E-state index contributed by atoms with van der Waals surface area (Å²) >= 11 is 12.0. The number of hydrogen-bond acceptors (Lipinski definition) is 3. The molecule has 0 atom stereocenters. The van der Waals surface area contributed by atoms with Crippen molar-refractivity contribution in [1.82, 2.24) is 5.10 Å². The van der Waals surface area contributed by atoms with E-state index in [1.54, 1.807) is 25.2 Å². The van der Waals surface area contributed by atoms with E-state index in [1.165, 1.54) is 17.1 Å². The highest BCUT2D eigenvalue weighted by atomic mass is 79.9. The number of rotatable bonds is 2. The van der Waals surface area contributed by atoms with Crippen LogP contribution in [0.4, 0.5) is 5.69 Å². The summed E-state index contributed by atoms with van der Waals surface area (Å²) in [5, 5.41) is 4.53. The zero-order valence-corrected chi connectivity index (χ0v) is 13.0. The van der Waals surface area contributed by atoms with Gasteiger partial charge in [0, 0.05) is 0 Å². The molecule has 0 fully saturated rings. The van der Waals surface area contributed by atoms with Crippen molar-refractivity contribution < 1.29 is 26.5 Å². The molecule has 2 rings (SSSR count). The van der Waals surface area contributed by atoms with Gasteiger partial charge in [-0.2, -0.15) is 0 Å². The van der Waals surface area contributed by atoms with E-state index >= 15 is 0 Å². The largest absolute Gasteiger partial charge is 1.00 e. The predicted molar refractivity (Wildman–Crippen MR) is 69.7 cm³/mol. The van der Waals surface area contributed by atoms with Crippen LogP contribution in [0.15, 0.2) is 30.6 Å². The summed E-state index contributed by atoms with van der Waals surface area (Å²) in [5.41, 5.74) is 6.60. The average Bonchev–Trinajstić information content (AvgIpc) is 2.32. The minimum atomic E-state index is -0.318. The maximum atomic E-state index is 12.4. The molecule has 19 heavy (non-hydrogen) atoms. The van der Waals surface area contributed by atoms with E-state index in [0.717, 1.165) is 0 Å². The summed E-state index contributed by atoms with van der Waals surface area (Å²) in [4.78, 5) is 12.4. The van der Waals surface area contributed by atoms with Crippen molar-refractivity contribution >= 4 is 34.7 Å². The molecule has 4 nitrogen and oxygen atoms in total. The van der Waals surface area contributed by atoms with E-state index in [9.17, 15) is 4.79 Å². The number of halogens is 3. The van der Waals surface area contributed by atoms with Crippen LogP contribution in [-0.4, -0.2) is 10.9 Å². The fraction of sp³-hybridized carbons (Fsp3) is 0.0833. The topological polar surface area (TPSA) is 59.9 Å². The number of nitrogens with zero attached hydrogens (tertiary/aromatic N) is 2. The molecule has 0 saturated heterocycles. The number of carbonyl (C=O) groups excluding carboxylic acids is 1. The number of nitrogens with two attached hydrogens (primary N) is 1. The van der Waals surface area contributed by atoms with Gasteiger partial charge in [-0.1, -0.05) is 34.0 Å². The summed E-state index contributed by atoms with van der Waals surface area (Å²) in [7, 11) is 1.70. The van der Waals surface area contributed by atoms with Gasteiger partial charge in [0.25, 0.3) is 0 Å². The van der Waals surface area contributed by atoms with Gasteiger partial charge in [-0.25, -0.2) is 0 Å². The van der Waals surface area contributed by atoms with E-state index < -0.39 is 0 Å². The normalized spacial score (nSPS) is 9.84. The van der Waals surface area contributed by atoms with Crippen LogP contribution in [0.25, 0.3) is 0 Å². The molecule has 0 unspecified atom stereocenters. The molecular weight excluding hydrogens is 353 g/mol. The summed E-state index contributed by atoms with van der Waals surface area (Å²) in [5.74, 6) is -0.318. The Kier molecular flexibility index (Phi) is 5.29. The SMILES string of the molecule is C[n+]1cc(C(=O)c2c(Cl)cccc2Cl)c(N)cn1.[Br-]. The Labute approximate surface area is 130 Å². The van der Waals surface area contributed by atoms with Gasteiger partial charge < -0.3 is 22.7 Å². The van der Waals surface area contributed by atoms with Crippen LogP contribution in [0, 0.1) is 0 Å². The maximum absolute atomic E-state index is 12.4. The smallest absolute Gasteiger partial charge is 0.209 e. The molecule has 100 valence electrons. The van der Waals surface area contributed by atoms with Crippen LogP contribution in [0.2, 0.25) is 10.0 Å². The number of nitrogen functional groups attached to an aromatic ring is 1. The molecule has 7 heteroatoms. The zero-order chi connectivity index (χ0) is 13.3.